The Labute approximate surface area is 213 Å². The van der Waals surface area contributed by atoms with Crippen molar-refractivity contribution in [2.24, 2.45) is 11.8 Å². The second-order valence-corrected chi connectivity index (χ2v) is 9.21. The van der Waals surface area contributed by atoms with Gasteiger partial charge in [0.15, 0.2) is 23.0 Å². The predicted octanol–water partition coefficient (Wildman–Crippen LogP) is 0.163. The number of phenols is 1. The smallest absolute Gasteiger partial charge is 0.309 e. The van der Waals surface area contributed by atoms with Gasteiger partial charge in [-0.25, -0.2) is 0 Å². The summed E-state index contributed by atoms with van der Waals surface area (Å²) < 4.78 is 27.0. The molecule has 2 aliphatic heterocycles. The van der Waals surface area contributed by atoms with Gasteiger partial charge in [0.05, 0.1) is 33.4 Å². The number of rotatable bonds is 9. The number of carbonyl (C=O) groups excluding carboxylic acids is 1. The molecule has 11 heteroatoms. The zero-order valence-electron chi connectivity index (χ0n) is 20.5. The van der Waals surface area contributed by atoms with Crippen molar-refractivity contribution in [2.45, 2.75) is 43.5 Å². The van der Waals surface area contributed by atoms with Crippen molar-refractivity contribution >= 4 is 5.97 Å². The van der Waals surface area contributed by atoms with E-state index in [2.05, 4.69) is 0 Å². The third kappa shape index (κ3) is 5.76. The Morgan fingerprint density at radius 2 is 1.57 bits per heavy atom. The Morgan fingerprint density at radius 3 is 2.22 bits per heavy atom. The topological polar surface area (TPSA) is 164 Å². The van der Waals surface area contributed by atoms with E-state index in [1.165, 1.54) is 14.2 Å². The maximum atomic E-state index is 12.5. The highest BCUT2D eigenvalue weighted by Crippen LogP contribution is 2.36. The number of ether oxygens (including phenoxy) is 5. The van der Waals surface area contributed by atoms with E-state index in [9.17, 15) is 30.3 Å². The number of esters is 1. The first kappa shape index (κ1) is 27.0. The summed E-state index contributed by atoms with van der Waals surface area (Å²) in [5, 5.41) is 49.7. The van der Waals surface area contributed by atoms with Gasteiger partial charge in [-0.05, 0) is 48.2 Å². The van der Waals surface area contributed by atoms with Crippen molar-refractivity contribution in [3.05, 3.63) is 47.5 Å². The molecule has 0 saturated carbocycles. The molecule has 0 aliphatic carbocycles. The fraction of sp³-hybridized carbons (Fsp3) is 0.500. The quantitative estimate of drug-likeness (QED) is 0.286. The number of cyclic esters (lactones) is 1. The Hall–Kier alpha value is -3.09. The zero-order chi connectivity index (χ0) is 26.7. The molecular weight excluding hydrogens is 488 g/mol. The molecule has 0 spiro atoms. The van der Waals surface area contributed by atoms with E-state index < -0.39 is 43.2 Å². The second kappa shape index (κ2) is 11.5. The molecule has 2 aromatic carbocycles. The van der Waals surface area contributed by atoms with Crippen LogP contribution in [0.3, 0.4) is 0 Å². The zero-order valence-corrected chi connectivity index (χ0v) is 20.5. The van der Waals surface area contributed by atoms with Gasteiger partial charge in [0, 0.05) is 5.92 Å². The number of benzene rings is 2. The van der Waals surface area contributed by atoms with Crippen molar-refractivity contribution in [3.63, 3.8) is 0 Å². The summed E-state index contributed by atoms with van der Waals surface area (Å²) in [6, 6.07) is 10.2. The van der Waals surface area contributed by atoms with E-state index in [1.54, 1.807) is 36.4 Å². The van der Waals surface area contributed by atoms with Crippen LogP contribution in [0.4, 0.5) is 0 Å². The van der Waals surface area contributed by atoms with Crippen molar-refractivity contribution in [1.29, 1.82) is 0 Å². The van der Waals surface area contributed by atoms with E-state index in [-0.39, 0.29) is 30.0 Å². The lowest BCUT2D eigenvalue weighted by Gasteiger charge is -2.39. The molecule has 7 atom stereocenters. The monoisotopic (exact) mass is 520 g/mol. The number of hydrogen-bond acceptors (Lipinski definition) is 11. The molecule has 0 radical (unpaired) electrons. The standard InChI is InChI=1S/C26H32O11/c1-33-18-5-3-14(9-17(18)28)8-16-15(12-35-25(16)32)7-13-4-6-19(20(10-13)34-2)36-26-24(31)23(30)22(29)21(11-27)37-26/h3-6,9-10,15-16,21-24,26-31H,7-8,11-12H2,1-2H3/t15-,16+,21+,22-,23+,24+,26-/m0/s1. The Kier molecular flexibility index (Phi) is 8.40. The molecule has 2 heterocycles. The minimum Gasteiger partial charge on any atom is -0.504 e. The summed E-state index contributed by atoms with van der Waals surface area (Å²) in [6.07, 6.45) is -6.14. The minimum absolute atomic E-state index is 0.00245. The first-order valence-electron chi connectivity index (χ1n) is 11.9. The van der Waals surface area contributed by atoms with Gasteiger partial charge >= 0.3 is 5.97 Å². The molecule has 5 N–H and O–H groups in total. The molecular formula is C26H32O11. The lowest BCUT2D eigenvalue weighted by Crippen LogP contribution is -2.60. The van der Waals surface area contributed by atoms with Crippen LogP contribution in [0.2, 0.25) is 0 Å². The summed E-state index contributed by atoms with van der Waals surface area (Å²) in [6.45, 7) is -0.308. The number of methoxy groups -OCH3 is 2. The summed E-state index contributed by atoms with van der Waals surface area (Å²) in [7, 11) is 2.91. The summed E-state index contributed by atoms with van der Waals surface area (Å²) in [5.41, 5.74) is 1.64. The summed E-state index contributed by atoms with van der Waals surface area (Å²) >= 11 is 0. The first-order chi connectivity index (χ1) is 17.7. The van der Waals surface area contributed by atoms with Gasteiger partial charge in [-0.1, -0.05) is 12.1 Å². The van der Waals surface area contributed by atoms with Crippen LogP contribution in [0, 0.1) is 11.8 Å². The molecule has 0 unspecified atom stereocenters. The van der Waals surface area contributed by atoms with Crippen LogP contribution in [0.15, 0.2) is 36.4 Å². The van der Waals surface area contributed by atoms with Crippen LogP contribution in [-0.4, -0.2) is 89.6 Å². The maximum absolute atomic E-state index is 12.5. The number of aromatic hydroxyl groups is 1. The predicted molar refractivity (Wildman–Crippen MR) is 127 cm³/mol. The third-order valence-corrected chi connectivity index (χ3v) is 6.83. The number of carbonyl (C=O) groups is 1. The van der Waals surface area contributed by atoms with E-state index in [1.807, 2.05) is 0 Å². The van der Waals surface area contributed by atoms with Crippen LogP contribution in [0.25, 0.3) is 0 Å². The molecule has 0 aromatic heterocycles. The lowest BCUT2D eigenvalue weighted by molar-refractivity contribution is -0.277. The van der Waals surface area contributed by atoms with Crippen LogP contribution < -0.4 is 14.2 Å². The Bertz CT molecular complexity index is 1090. The fourth-order valence-electron chi connectivity index (χ4n) is 4.70. The van der Waals surface area contributed by atoms with E-state index >= 15 is 0 Å². The largest absolute Gasteiger partial charge is 0.504 e. The molecule has 0 bridgehead atoms. The van der Waals surface area contributed by atoms with Crippen molar-refractivity contribution in [1.82, 2.24) is 0 Å². The molecule has 2 fully saturated rings. The van der Waals surface area contributed by atoms with Gasteiger partial charge in [-0.3, -0.25) is 4.79 Å². The number of hydrogen-bond donors (Lipinski definition) is 5. The third-order valence-electron chi connectivity index (χ3n) is 6.83. The average molecular weight is 521 g/mol. The van der Waals surface area contributed by atoms with Gasteiger partial charge in [-0.15, -0.1) is 0 Å². The molecule has 2 aliphatic rings. The molecule has 4 rings (SSSR count). The van der Waals surface area contributed by atoms with E-state index in [4.69, 9.17) is 23.7 Å². The SMILES string of the molecule is COc1ccc(C[C@H]2C(=O)OC[C@@H]2Cc2ccc(O[C@H]3O[C@H](CO)[C@H](O)[C@@H](O)[C@H]3O)c(OC)c2)cc1O. The Balaban J connectivity index is 1.46. The molecule has 37 heavy (non-hydrogen) atoms. The van der Waals surface area contributed by atoms with Gasteiger partial charge in [0.2, 0.25) is 6.29 Å². The van der Waals surface area contributed by atoms with E-state index in [0.29, 0.717) is 24.3 Å². The van der Waals surface area contributed by atoms with Gasteiger partial charge in [0.1, 0.15) is 24.4 Å². The molecule has 11 nitrogen and oxygen atoms in total. The van der Waals surface area contributed by atoms with E-state index in [0.717, 1.165) is 11.1 Å². The number of aliphatic hydroxyl groups excluding tert-OH is 4. The molecule has 2 aromatic rings. The highest BCUT2D eigenvalue weighted by molar-refractivity contribution is 5.75. The fourth-order valence-corrected chi connectivity index (χ4v) is 4.70. The number of phenolic OH excluding ortho intramolecular Hbond substituents is 1. The maximum Gasteiger partial charge on any atom is 0.309 e. The highest BCUT2D eigenvalue weighted by Gasteiger charge is 2.45. The summed E-state index contributed by atoms with van der Waals surface area (Å²) in [5.74, 6) is 0.100. The minimum atomic E-state index is -1.56. The molecule has 0 amide bonds. The summed E-state index contributed by atoms with van der Waals surface area (Å²) in [4.78, 5) is 12.5. The highest BCUT2D eigenvalue weighted by atomic mass is 16.7. The van der Waals surface area contributed by atoms with Gasteiger partial charge < -0.3 is 49.2 Å². The molecule has 2 saturated heterocycles. The van der Waals surface area contributed by atoms with Gasteiger partial charge in [0.25, 0.3) is 0 Å². The van der Waals surface area contributed by atoms with Crippen molar-refractivity contribution in [3.8, 4) is 23.0 Å². The van der Waals surface area contributed by atoms with Crippen LogP contribution >= 0.6 is 0 Å². The van der Waals surface area contributed by atoms with Crippen LogP contribution in [-0.2, 0) is 27.1 Å². The van der Waals surface area contributed by atoms with Gasteiger partial charge in [-0.2, -0.15) is 0 Å². The Morgan fingerprint density at radius 1 is 0.892 bits per heavy atom. The normalized spacial score (nSPS) is 29.6. The average Bonchev–Trinajstić information content (AvgIpc) is 3.23. The second-order valence-electron chi connectivity index (χ2n) is 9.21. The van der Waals surface area contributed by atoms with Crippen molar-refractivity contribution < 1.29 is 54.0 Å². The van der Waals surface area contributed by atoms with Crippen molar-refractivity contribution in [2.75, 3.05) is 27.4 Å². The lowest BCUT2D eigenvalue weighted by atomic mass is 9.85. The first-order valence-corrected chi connectivity index (χ1v) is 11.9. The molecule has 202 valence electrons. The number of aliphatic hydroxyl groups is 4. The van der Waals surface area contributed by atoms with Crippen LogP contribution in [0.1, 0.15) is 11.1 Å². The van der Waals surface area contributed by atoms with Crippen LogP contribution in [0.5, 0.6) is 23.0 Å².